The summed E-state index contributed by atoms with van der Waals surface area (Å²) in [4.78, 5) is 30.4. The number of methoxy groups -OCH3 is 2. The number of pyridine rings is 2. The fraction of sp³-hybridized carbons (Fsp3) is 0.269. The van der Waals surface area contributed by atoms with Crippen molar-refractivity contribution < 1.29 is 14.3 Å². The van der Waals surface area contributed by atoms with Gasteiger partial charge in [-0.1, -0.05) is 31.2 Å². The van der Waals surface area contributed by atoms with Gasteiger partial charge in [-0.05, 0) is 41.1 Å². The van der Waals surface area contributed by atoms with Gasteiger partial charge in [-0.2, -0.15) is 0 Å². The number of hydrogen-bond acceptors (Lipinski definition) is 5. The summed E-state index contributed by atoms with van der Waals surface area (Å²) in [6, 6.07) is 15.2. The highest BCUT2D eigenvalue weighted by Gasteiger charge is 2.17. The number of rotatable bonds is 8. The predicted octanol–water partition coefficient (Wildman–Crippen LogP) is 4.58. The van der Waals surface area contributed by atoms with E-state index in [-0.39, 0.29) is 17.3 Å². The second kappa shape index (κ2) is 9.32. The topological polar surface area (TPSA) is 70.4 Å². The molecular weight excluding hydrogens is 404 g/mol. The first kappa shape index (κ1) is 21.7. The molecule has 0 aliphatic rings. The predicted molar refractivity (Wildman–Crippen MR) is 126 cm³/mol. The van der Waals surface area contributed by atoms with Gasteiger partial charge in [-0.3, -0.25) is 14.6 Å². The van der Waals surface area contributed by atoms with E-state index in [1.807, 2.05) is 55.5 Å². The molecule has 0 saturated carbocycles. The maximum Gasteiger partial charge on any atom is 0.260 e. The molecule has 4 aromatic rings. The Balaban J connectivity index is 1.74. The van der Waals surface area contributed by atoms with Crippen LogP contribution >= 0.6 is 0 Å². The van der Waals surface area contributed by atoms with E-state index in [1.165, 1.54) is 0 Å². The number of nitrogens with zero attached hydrogens (tertiary/aromatic N) is 2. The summed E-state index contributed by atoms with van der Waals surface area (Å²) in [6.45, 7) is 2.82. The van der Waals surface area contributed by atoms with Crippen LogP contribution in [0, 0.1) is 0 Å². The summed E-state index contributed by atoms with van der Waals surface area (Å²) in [7, 11) is 3.23. The minimum atomic E-state index is -0.132. The number of carbonyl (C=O) groups is 1. The fourth-order valence-electron chi connectivity index (χ4n) is 4.08. The molecule has 0 radical (unpaired) electrons. The average Bonchev–Trinajstić information content (AvgIpc) is 2.83. The molecule has 2 aromatic heterocycles. The number of hydrogen-bond donors (Lipinski definition) is 0. The van der Waals surface area contributed by atoms with Crippen LogP contribution in [0.4, 0.5) is 0 Å². The molecule has 0 bridgehead atoms. The van der Waals surface area contributed by atoms with E-state index in [0.717, 1.165) is 27.6 Å². The SMILES string of the molecule is COCCn1c(=O)c2cnccc2c2ccc(C(=O)C[C@H](C)c3cccc(OC)c3)cc21. The number of benzene rings is 2. The lowest BCUT2D eigenvalue weighted by Gasteiger charge is -2.15. The Hall–Kier alpha value is -3.51. The Morgan fingerprint density at radius 2 is 1.91 bits per heavy atom. The Kier molecular flexibility index (Phi) is 6.32. The number of ketones is 1. The van der Waals surface area contributed by atoms with E-state index in [2.05, 4.69) is 4.98 Å². The summed E-state index contributed by atoms with van der Waals surface area (Å²) >= 11 is 0. The summed E-state index contributed by atoms with van der Waals surface area (Å²) in [5.74, 6) is 0.838. The van der Waals surface area contributed by atoms with Crippen LogP contribution in [0.15, 0.2) is 65.7 Å². The zero-order valence-corrected chi connectivity index (χ0v) is 18.5. The molecule has 0 spiro atoms. The summed E-state index contributed by atoms with van der Waals surface area (Å²) < 4.78 is 12.2. The molecule has 6 heteroatoms. The lowest BCUT2D eigenvalue weighted by atomic mass is 9.92. The van der Waals surface area contributed by atoms with Crippen molar-refractivity contribution in [2.75, 3.05) is 20.8 Å². The molecule has 164 valence electrons. The van der Waals surface area contributed by atoms with E-state index in [4.69, 9.17) is 9.47 Å². The van der Waals surface area contributed by atoms with Crippen molar-refractivity contribution in [3.05, 3.63) is 82.4 Å². The van der Waals surface area contributed by atoms with E-state index < -0.39 is 0 Å². The van der Waals surface area contributed by atoms with Crippen LogP contribution in [0.5, 0.6) is 5.75 Å². The molecule has 0 fully saturated rings. The minimum Gasteiger partial charge on any atom is -0.497 e. The third-order valence-corrected chi connectivity index (χ3v) is 5.87. The van der Waals surface area contributed by atoms with Crippen LogP contribution in [-0.2, 0) is 11.3 Å². The normalized spacial score (nSPS) is 12.2. The van der Waals surface area contributed by atoms with Gasteiger partial charge in [-0.25, -0.2) is 0 Å². The molecule has 1 atom stereocenters. The molecule has 0 aliphatic carbocycles. The van der Waals surface area contributed by atoms with Crippen LogP contribution in [0.1, 0.15) is 35.2 Å². The third-order valence-electron chi connectivity index (χ3n) is 5.87. The quantitative estimate of drug-likeness (QED) is 0.302. The standard InChI is InChI=1S/C26H26N2O4/c1-17(18-5-4-6-20(14-18)32-3)13-25(29)19-7-8-22-21-9-10-27-16-23(21)26(30)28(11-12-31-2)24(22)15-19/h4-10,14-17H,11-13H2,1-3H3/t17-/m0/s1. The van der Waals surface area contributed by atoms with E-state index in [1.54, 1.807) is 31.2 Å². The highest BCUT2D eigenvalue weighted by molar-refractivity contribution is 6.08. The molecule has 4 rings (SSSR count). The molecule has 32 heavy (non-hydrogen) atoms. The average molecular weight is 431 g/mol. The highest BCUT2D eigenvalue weighted by Crippen LogP contribution is 2.27. The van der Waals surface area contributed by atoms with Crippen molar-refractivity contribution in [1.82, 2.24) is 9.55 Å². The Bertz CT molecular complexity index is 1340. The first-order valence-corrected chi connectivity index (χ1v) is 10.6. The fourth-order valence-corrected chi connectivity index (χ4v) is 4.08. The van der Waals surface area contributed by atoms with Crippen molar-refractivity contribution >= 4 is 27.5 Å². The maximum atomic E-state index is 13.1. The minimum absolute atomic E-state index is 0.0304. The molecule has 0 unspecified atom stereocenters. The molecule has 0 amide bonds. The van der Waals surface area contributed by atoms with Crippen molar-refractivity contribution in [2.24, 2.45) is 0 Å². The zero-order chi connectivity index (χ0) is 22.7. The molecular formula is C26H26N2O4. The van der Waals surface area contributed by atoms with Gasteiger partial charge in [0.05, 0.1) is 24.6 Å². The second-order valence-corrected chi connectivity index (χ2v) is 7.91. The van der Waals surface area contributed by atoms with Gasteiger partial charge in [0, 0.05) is 43.4 Å². The van der Waals surface area contributed by atoms with Gasteiger partial charge in [0.25, 0.3) is 5.56 Å². The van der Waals surface area contributed by atoms with Crippen LogP contribution in [-0.4, -0.2) is 36.2 Å². The summed E-state index contributed by atoms with van der Waals surface area (Å²) in [6.07, 6.45) is 3.63. The molecule has 0 saturated heterocycles. The van der Waals surface area contributed by atoms with Gasteiger partial charge in [0.2, 0.25) is 0 Å². The number of ether oxygens (including phenoxy) is 2. The Labute approximate surface area is 186 Å². The molecule has 0 aliphatic heterocycles. The molecule has 2 heterocycles. The van der Waals surface area contributed by atoms with Gasteiger partial charge >= 0.3 is 0 Å². The highest BCUT2D eigenvalue weighted by atomic mass is 16.5. The third kappa shape index (κ3) is 4.14. The van der Waals surface area contributed by atoms with Crippen LogP contribution < -0.4 is 10.3 Å². The Morgan fingerprint density at radius 3 is 2.69 bits per heavy atom. The lowest BCUT2D eigenvalue weighted by molar-refractivity contribution is 0.0975. The Morgan fingerprint density at radius 1 is 1.06 bits per heavy atom. The van der Waals surface area contributed by atoms with Crippen LogP contribution in [0.25, 0.3) is 21.7 Å². The van der Waals surface area contributed by atoms with Crippen molar-refractivity contribution in [2.45, 2.75) is 25.8 Å². The smallest absolute Gasteiger partial charge is 0.260 e. The monoisotopic (exact) mass is 430 g/mol. The van der Waals surface area contributed by atoms with Gasteiger partial charge in [0.15, 0.2) is 5.78 Å². The summed E-state index contributed by atoms with van der Waals surface area (Å²) in [5, 5.41) is 2.30. The number of Topliss-reactive ketones (excluding diaryl/α,β-unsaturated/α-hetero) is 1. The van der Waals surface area contributed by atoms with Crippen molar-refractivity contribution in [1.29, 1.82) is 0 Å². The summed E-state index contributed by atoms with van der Waals surface area (Å²) in [5.41, 5.74) is 2.23. The number of carbonyl (C=O) groups excluding carboxylic acids is 1. The van der Waals surface area contributed by atoms with E-state index in [9.17, 15) is 9.59 Å². The van der Waals surface area contributed by atoms with E-state index >= 15 is 0 Å². The lowest BCUT2D eigenvalue weighted by Crippen LogP contribution is -2.23. The van der Waals surface area contributed by atoms with Gasteiger partial charge < -0.3 is 14.0 Å². The molecule has 0 N–H and O–H groups in total. The van der Waals surface area contributed by atoms with E-state index in [0.29, 0.717) is 30.5 Å². The van der Waals surface area contributed by atoms with Crippen LogP contribution in [0.2, 0.25) is 0 Å². The number of aromatic nitrogens is 2. The van der Waals surface area contributed by atoms with Crippen molar-refractivity contribution in [3.63, 3.8) is 0 Å². The molecule has 6 nitrogen and oxygen atoms in total. The number of fused-ring (bicyclic) bond motifs is 3. The van der Waals surface area contributed by atoms with Crippen LogP contribution in [0.3, 0.4) is 0 Å². The second-order valence-electron chi connectivity index (χ2n) is 7.91. The van der Waals surface area contributed by atoms with Crippen molar-refractivity contribution in [3.8, 4) is 5.75 Å². The zero-order valence-electron chi connectivity index (χ0n) is 18.5. The largest absolute Gasteiger partial charge is 0.497 e. The first-order chi connectivity index (χ1) is 15.5. The van der Waals surface area contributed by atoms with Gasteiger partial charge in [0.1, 0.15) is 5.75 Å². The first-order valence-electron chi connectivity index (χ1n) is 10.6. The molecule has 2 aromatic carbocycles. The van der Waals surface area contributed by atoms with Gasteiger partial charge in [-0.15, -0.1) is 0 Å². The maximum absolute atomic E-state index is 13.1.